The van der Waals surface area contributed by atoms with Gasteiger partial charge in [0.25, 0.3) is 0 Å². The Morgan fingerprint density at radius 1 is 1.20 bits per heavy atom. The molecule has 112 valence electrons. The van der Waals surface area contributed by atoms with Crippen molar-refractivity contribution in [1.29, 1.82) is 0 Å². The van der Waals surface area contributed by atoms with Crippen molar-refractivity contribution >= 4 is 11.8 Å². The molecule has 2 rings (SSSR count). The Bertz CT molecular complexity index is 402. The van der Waals surface area contributed by atoms with Gasteiger partial charge in [-0.05, 0) is 80.5 Å². The number of hydrogen-bond donors (Lipinski definition) is 1. The zero-order valence-electron chi connectivity index (χ0n) is 13.1. The standard InChI is InChI=1S/C18H29NS/c1-3-12-19-17(4-2)9-6-13-20-18-11-10-15-7-5-8-16(15)14-18/h10-11,14,17,19H,3-9,12-13H2,1-2H3. The van der Waals surface area contributed by atoms with Gasteiger partial charge in [0.1, 0.15) is 0 Å². The van der Waals surface area contributed by atoms with Gasteiger partial charge in [-0.3, -0.25) is 0 Å². The maximum absolute atomic E-state index is 3.64. The third-order valence-corrected chi connectivity index (χ3v) is 5.29. The van der Waals surface area contributed by atoms with E-state index in [0.717, 1.165) is 12.6 Å². The van der Waals surface area contributed by atoms with E-state index in [9.17, 15) is 0 Å². The second-order valence-electron chi connectivity index (χ2n) is 5.83. The number of nitrogens with one attached hydrogen (secondary N) is 1. The Morgan fingerprint density at radius 2 is 2.05 bits per heavy atom. The van der Waals surface area contributed by atoms with Crippen LogP contribution in [-0.2, 0) is 12.8 Å². The summed E-state index contributed by atoms with van der Waals surface area (Å²) in [6.45, 7) is 5.70. The quantitative estimate of drug-likeness (QED) is 0.517. The van der Waals surface area contributed by atoms with Gasteiger partial charge in [0.05, 0.1) is 0 Å². The van der Waals surface area contributed by atoms with E-state index in [4.69, 9.17) is 0 Å². The van der Waals surface area contributed by atoms with Crippen molar-refractivity contribution in [2.75, 3.05) is 12.3 Å². The first-order valence-corrected chi connectivity index (χ1v) is 9.30. The molecule has 2 heteroatoms. The monoisotopic (exact) mass is 291 g/mol. The highest BCUT2D eigenvalue weighted by Crippen LogP contribution is 2.28. The summed E-state index contributed by atoms with van der Waals surface area (Å²) in [7, 11) is 0. The summed E-state index contributed by atoms with van der Waals surface area (Å²) < 4.78 is 0. The van der Waals surface area contributed by atoms with E-state index in [-0.39, 0.29) is 0 Å². The molecule has 20 heavy (non-hydrogen) atoms. The summed E-state index contributed by atoms with van der Waals surface area (Å²) in [4.78, 5) is 1.47. The molecule has 0 fully saturated rings. The van der Waals surface area contributed by atoms with E-state index in [1.54, 1.807) is 11.1 Å². The van der Waals surface area contributed by atoms with Crippen LogP contribution in [0.3, 0.4) is 0 Å². The lowest BCUT2D eigenvalue weighted by Gasteiger charge is -2.16. The molecule has 0 spiro atoms. The molecule has 1 aromatic rings. The lowest BCUT2D eigenvalue weighted by atomic mass is 10.1. The van der Waals surface area contributed by atoms with E-state index in [0.29, 0.717) is 0 Å². The normalized spacial score (nSPS) is 15.3. The van der Waals surface area contributed by atoms with Crippen LogP contribution in [-0.4, -0.2) is 18.3 Å². The first kappa shape index (κ1) is 15.9. The molecule has 1 aliphatic rings. The van der Waals surface area contributed by atoms with E-state index in [1.807, 2.05) is 11.8 Å². The third-order valence-electron chi connectivity index (χ3n) is 4.21. The number of fused-ring (bicyclic) bond motifs is 1. The average molecular weight is 292 g/mol. The van der Waals surface area contributed by atoms with Crippen LogP contribution in [0.4, 0.5) is 0 Å². The fourth-order valence-corrected chi connectivity index (χ4v) is 3.89. The minimum atomic E-state index is 0.718. The lowest BCUT2D eigenvalue weighted by Crippen LogP contribution is -2.29. The molecule has 0 bridgehead atoms. The summed E-state index contributed by atoms with van der Waals surface area (Å²) in [6, 6.07) is 7.82. The number of hydrogen-bond acceptors (Lipinski definition) is 2. The van der Waals surface area contributed by atoms with Crippen LogP contribution >= 0.6 is 11.8 Å². The van der Waals surface area contributed by atoms with Crippen molar-refractivity contribution in [3.63, 3.8) is 0 Å². The molecular weight excluding hydrogens is 262 g/mol. The van der Waals surface area contributed by atoms with Gasteiger partial charge in [-0.15, -0.1) is 11.8 Å². The molecule has 0 saturated heterocycles. The maximum atomic E-state index is 3.64. The molecule has 1 nitrogen and oxygen atoms in total. The Labute approximate surface area is 128 Å². The third kappa shape index (κ3) is 4.82. The fraction of sp³-hybridized carbons (Fsp3) is 0.667. The lowest BCUT2D eigenvalue weighted by molar-refractivity contribution is 0.465. The Kier molecular flexibility index (Phi) is 6.95. The van der Waals surface area contributed by atoms with Crippen molar-refractivity contribution < 1.29 is 0 Å². The first-order valence-electron chi connectivity index (χ1n) is 8.31. The average Bonchev–Trinajstić information content (AvgIpc) is 2.94. The molecule has 0 radical (unpaired) electrons. The summed E-state index contributed by atoms with van der Waals surface area (Å²) >= 11 is 2.03. The van der Waals surface area contributed by atoms with Crippen LogP contribution in [0.15, 0.2) is 23.1 Å². The highest BCUT2D eigenvalue weighted by Gasteiger charge is 2.11. The van der Waals surface area contributed by atoms with Crippen molar-refractivity contribution in [3.05, 3.63) is 29.3 Å². The first-order chi connectivity index (χ1) is 9.83. The number of benzene rings is 1. The van der Waals surface area contributed by atoms with Crippen LogP contribution in [0.1, 0.15) is 57.1 Å². The summed E-state index contributed by atoms with van der Waals surface area (Å²) in [5.74, 6) is 1.25. The van der Waals surface area contributed by atoms with Crippen LogP contribution < -0.4 is 5.32 Å². The summed E-state index contributed by atoms with van der Waals surface area (Å²) in [5, 5.41) is 3.64. The van der Waals surface area contributed by atoms with Crippen LogP contribution in [0.25, 0.3) is 0 Å². The zero-order valence-corrected chi connectivity index (χ0v) is 13.9. The Morgan fingerprint density at radius 3 is 2.85 bits per heavy atom. The molecule has 1 unspecified atom stereocenters. The molecule has 1 aliphatic carbocycles. The second-order valence-corrected chi connectivity index (χ2v) is 7.00. The number of rotatable bonds is 9. The van der Waals surface area contributed by atoms with E-state index >= 15 is 0 Å². The van der Waals surface area contributed by atoms with Crippen LogP contribution in [0, 0.1) is 0 Å². The topological polar surface area (TPSA) is 12.0 Å². The molecule has 0 saturated carbocycles. The molecular formula is C18H29NS. The van der Waals surface area contributed by atoms with E-state index in [2.05, 4.69) is 37.4 Å². The fourth-order valence-electron chi connectivity index (χ4n) is 2.96. The minimum absolute atomic E-state index is 0.718. The van der Waals surface area contributed by atoms with Gasteiger partial charge in [0.2, 0.25) is 0 Å². The van der Waals surface area contributed by atoms with Crippen LogP contribution in [0.5, 0.6) is 0 Å². The van der Waals surface area contributed by atoms with Gasteiger partial charge >= 0.3 is 0 Å². The molecule has 1 atom stereocenters. The van der Waals surface area contributed by atoms with Crippen LogP contribution in [0.2, 0.25) is 0 Å². The van der Waals surface area contributed by atoms with E-state index in [1.165, 1.54) is 55.6 Å². The van der Waals surface area contributed by atoms with Gasteiger partial charge in [0, 0.05) is 10.9 Å². The largest absolute Gasteiger partial charge is 0.314 e. The SMILES string of the molecule is CCCNC(CC)CCCSc1ccc2c(c1)CCC2. The maximum Gasteiger partial charge on any atom is 0.00748 e. The van der Waals surface area contributed by atoms with Crippen molar-refractivity contribution in [1.82, 2.24) is 5.32 Å². The molecule has 0 amide bonds. The van der Waals surface area contributed by atoms with Crippen molar-refractivity contribution in [2.24, 2.45) is 0 Å². The van der Waals surface area contributed by atoms with Crippen molar-refractivity contribution in [2.45, 2.75) is 69.7 Å². The second kappa shape index (κ2) is 8.74. The molecule has 1 aromatic carbocycles. The predicted octanol–water partition coefficient (Wildman–Crippen LogP) is 4.83. The highest BCUT2D eigenvalue weighted by molar-refractivity contribution is 7.99. The van der Waals surface area contributed by atoms with Gasteiger partial charge in [-0.1, -0.05) is 19.9 Å². The highest BCUT2D eigenvalue weighted by atomic mass is 32.2. The van der Waals surface area contributed by atoms with Gasteiger partial charge in [-0.25, -0.2) is 0 Å². The zero-order chi connectivity index (χ0) is 14.2. The van der Waals surface area contributed by atoms with Gasteiger partial charge in [0.15, 0.2) is 0 Å². The van der Waals surface area contributed by atoms with Crippen molar-refractivity contribution in [3.8, 4) is 0 Å². The smallest absolute Gasteiger partial charge is 0.00748 e. The number of thioether (sulfide) groups is 1. The minimum Gasteiger partial charge on any atom is -0.314 e. The van der Waals surface area contributed by atoms with Gasteiger partial charge in [-0.2, -0.15) is 0 Å². The molecule has 0 heterocycles. The summed E-state index contributed by atoms with van der Waals surface area (Å²) in [5.41, 5.74) is 3.19. The molecule has 0 aromatic heterocycles. The predicted molar refractivity (Wildman–Crippen MR) is 90.8 cm³/mol. The van der Waals surface area contributed by atoms with Gasteiger partial charge < -0.3 is 5.32 Å². The number of aryl methyl sites for hydroxylation is 2. The molecule has 1 N–H and O–H groups in total. The Hall–Kier alpha value is -0.470. The summed E-state index contributed by atoms with van der Waals surface area (Å²) in [6.07, 6.45) is 9.06. The van der Waals surface area contributed by atoms with E-state index < -0.39 is 0 Å². The molecule has 0 aliphatic heterocycles. The Balaban J connectivity index is 1.68.